The fraction of sp³-hybridized carbons (Fsp3) is 0.115. The van der Waals surface area contributed by atoms with Crippen LogP contribution >= 0.6 is 23.2 Å². The summed E-state index contributed by atoms with van der Waals surface area (Å²) in [5, 5.41) is 1.23. The molecular formula is C26H21Cl2NO3. The van der Waals surface area contributed by atoms with Crippen molar-refractivity contribution in [1.82, 2.24) is 0 Å². The molecule has 0 atom stereocenters. The summed E-state index contributed by atoms with van der Waals surface area (Å²) < 4.78 is 10.7. The van der Waals surface area contributed by atoms with Crippen molar-refractivity contribution >= 4 is 46.6 Å². The summed E-state index contributed by atoms with van der Waals surface area (Å²) in [5.74, 6) is 1.07. The largest absolute Gasteiger partial charge is 0.493 e. The number of amides is 1. The SMILES string of the molecule is COc1ccc(/C=C2\C=C(c3ccc(Cl)cc3)N(c3ccc(C)c(Cl)c3)C2=O)cc1OC. The van der Waals surface area contributed by atoms with Crippen LogP contribution in [0, 0.1) is 6.92 Å². The molecule has 6 heteroatoms. The van der Waals surface area contributed by atoms with Crippen LogP contribution in [0.25, 0.3) is 11.8 Å². The summed E-state index contributed by atoms with van der Waals surface area (Å²) in [5.41, 5.74) is 4.62. The third kappa shape index (κ3) is 4.24. The van der Waals surface area contributed by atoms with Crippen LogP contribution < -0.4 is 14.4 Å². The first-order valence-electron chi connectivity index (χ1n) is 9.93. The second-order valence-corrected chi connectivity index (χ2v) is 8.17. The number of halogens is 2. The van der Waals surface area contributed by atoms with Crippen LogP contribution in [0.5, 0.6) is 11.5 Å². The van der Waals surface area contributed by atoms with Crippen molar-refractivity contribution in [2.24, 2.45) is 0 Å². The second-order valence-electron chi connectivity index (χ2n) is 7.32. The third-order valence-electron chi connectivity index (χ3n) is 5.27. The first-order chi connectivity index (χ1) is 15.4. The van der Waals surface area contributed by atoms with Crippen LogP contribution in [0.1, 0.15) is 16.7 Å². The number of carbonyl (C=O) groups is 1. The van der Waals surface area contributed by atoms with Gasteiger partial charge in [0.25, 0.3) is 5.91 Å². The number of hydrogen-bond donors (Lipinski definition) is 0. The average Bonchev–Trinajstić information content (AvgIpc) is 3.12. The molecule has 1 amide bonds. The molecule has 0 N–H and O–H groups in total. The molecule has 3 aromatic carbocycles. The summed E-state index contributed by atoms with van der Waals surface area (Å²) in [4.78, 5) is 15.2. The van der Waals surface area contributed by atoms with Crippen molar-refractivity contribution in [1.29, 1.82) is 0 Å². The van der Waals surface area contributed by atoms with Gasteiger partial charge in [0.15, 0.2) is 11.5 Å². The Kier molecular flexibility index (Phi) is 6.26. The molecule has 0 spiro atoms. The number of carbonyl (C=O) groups excluding carboxylic acids is 1. The molecule has 0 bridgehead atoms. The average molecular weight is 466 g/mol. The van der Waals surface area contributed by atoms with E-state index in [9.17, 15) is 4.79 Å². The van der Waals surface area contributed by atoms with Crippen LogP contribution in [0.3, 0.4) is 0 Å². The van der Waals surface area contributed by atoms with E-state index in [0.717, 1.165) is 22.4 Å². The maximum Gasteiger partial charge on any atom is 0.262 e. The predicted octanol–water partition coefficient (Wildman–Crippen LogP) is 6.79. The molecule has 1 heterocycles. The smallest absolute Gasteiger partial charge is 0.262 e. The van der Waals surface area contributed by atoms with Gasteiger partial charge in [0.1, 0.15) is 0 Å². The molecule has 0 aliphatic carbocycles. The van der Waals surface area contributed by atoms with Crippen LogP contribution in [0.15, 0.2) is 72.3 Å². The lowest BCUT2D eigenvalue weighted by atomic mass is 10.1. The quantitative estimate of drug-likeness (QED) is 0.389. The molecule has 0 unspecified atom stereocenters. The molecule has 1 aliphatic heterocycles. The van der Waals surface area contributed by atoms with Gasteiger partial charge in [0, 0.05) is 15.6 Å². The van der Waals surface area contributed by atoms with Crippen LogP contribution in [-0.4, -0.2) is 20.1 Å². The molecule has 0 fully saturated rings. The Bertz CT molecular complexity index is 1250. The number of anilines is 1. The van der Waals surface area contributed by atoms with Gasteiger partial charge < -0.3 is 9.47 Å². The number of aryl methyl sites for hydroxylation is 1. The Labute approximate surface area is 197 Å². The lowest BCUT2D eigenvalue weighted by Crippen LogP contribution is -2.25. The number of ether oxygens (including phenoxy) is 2. The van der Waals surface area contributed by atoms with Crippen molar-refractivity contribution < 1.29 is 14.3 Å². The van der Waals surface area contributed by atoms with E-state index >= 15 is 0 Å². The minimum absolute atomic E-state index is 0.148. The molecular weight excluding hydrogens is 445 g/mol. The van der Waals surface area contributed by atoms with Crippen molar-refractivity contribution in [2.75, 3.05) is 19.1 Å². The van der Waals surface area contributed by atoms with Crippen LogP contribution in [0.2, 0.25) is 10.0 Å². The van der Waals surface area contributed by atoms with E-state index < -0.39 is 0 Å². The molecule has 3 aromatic rings. The molecule has 1 aliphatic rings. The predicted molar refractivity (Wildman–Crippen MR) is 131 cm³/mol. The fourth-order valence-electron chi connectivity index (χ4n) is 3.55. The first kappa shape index (κ1) is 22.0. The van der Waals surface area contributed by atoms with Gasteiger partial charge in [-0.15, -0.1) is 0 Å². The van der Waals surface area contributed by atoms with Crippen LogP contribution in [0.4, 0.5) is 5.69 Å². The maximum absolute atomic E-state index is 13.5. The highest BCUT2D eigenvalue weighted by Crippen LogP contribution is 2.37. The number of nitrogens with zero attached hydrogens (tertiary/aromatic N) is 1. The van der Waals surface area contributed by atoms with Crippen molar-refractivity contribution in [3.05, 3.63) is 99.0 Å². The van der Waals surface area contributed by atoms with E-state index in [4.69, 9.17) is 32.7 Å². The second kappa shape index (κ2) is 9.11. The van der Waals surface area contributed by atoms with E-state index in [-0.39, 0.29) is 5.91 Å². The van der Waals surface area contributed by atoms with Gasteiger partial charge in [-0.05, 0) is 72.2 Å². The Balaban J connectivity index is 1.82. The topological polar surface area (TPSA) is 38.8 Å². The van der Waals surface area contributed by atoms with E-state index in [1.54, 1.807) is 37.3 Å². The summed E-state index contributed by atoms with van der Waals surface area (Å²) in [7, 11) is 3.17. The van der Waals surface area contributed by atoms with Crippen molar-refractivity contribution in [3.8, 4) is 11.5 Å². The Hall–Kier alpha value is -3.21. The van der Waals surface area contributed by atoms with Crippen molar-refractivity contribution in [2.45, 2.75) is 6.92 Å². The summed E-state index contributed by atoms with van der Waals surface area (Å²) in [6.45, 7) is 1.93. The zero-order valence-corrected chi connectivity index (χ0v) is 19.4. The highest BCUT2D eigenvalue weighted by molar-refractivity contribution is 6.32. The van der Waals surface area contributed by atoms with E-state index in [0.29, 0.717) is 32.8 Å². The van der Waals surface area contributed by atoms with E-state index in [2.05, 4.69) is 0 Å². The molecule has 32 heavy (non-hydrogen) atoms. The summed E-state index contributed by atoms with van der Waals surface area (Å²) in [6, 6.07) is 18.5. The zero-order valence-electron chi connectivity index (χ0n) is 17.9. The Morgan fingerprint density at radius 3 is 2.25 bits per heavy atom. The molecule has 0 radical (unpaired) electrons. The number of methoxy groups -OCH3 is 2. The Morgan fingerprint density at radius 2 is 1.59 bits per heavy atom. The highest BCUT2D eigenvalue weighted by atomic mass is 35.5. The van der Waals surface area contributed by atoms with Gasteiger partial charge in [-0.1, -0.05) is 47.5 Å². The standard InChI is InChI=1S/C26H21Cl2NO3/c1-16-4-10-21(15-22(16)28)29-23(18-6-8-20(27)9-7-18)14-19(26(29)30)12-17-5-11-24(31-2)25(13-17)32-3/h4-15H,1-3H3/b19-12+. The molecule has 0 saturated carbocycles. The van der Waals surface area contributed by atoms with E-state index in [1.807, 2.05) is 61.5 Å². The Morgan fingerprint density at radius 1 is 0.875 bits per heavy atom. The lowest BCUT2D eigenvalue weighted by Gasteiger charge is -2.21. The maximum atomic E-state index is 13.5. The monoisotopic (exact) mass is 465 g/mol. The number of benzene rings is 3. The van der Waals surface area contributed by atoms with Crippen LogP contribution in [-0.2, 0) is 4.79 Å². The van der Waals surface area contributed by atoms with Gasteiger partial charge in [0.2, 0.25) is 0 Å². The van der Waals surface area contributed by atoms with Gasteiger partial charge in [-0.3, -0.25) is 9.69 Å². The van der Waals surface area contributed by atoms with Gasteiger partial charge in [-0.25, -0.2) is 0 Å². The first-order valence-corrected chi connectivity index (χ1v) is 10.7. The molecule has 4 rings (SSSR count). The third-order valence-corrected chi connectivity index (χ3v) is 5.93. The minimum atomic E-state index is -0.148. The molecule has 162 valence electrons. The van der Waals surface area contributed by atoms with Gasteiger partial charge >= 0.3 is 0 Å². The fourth-order valence-corrected chi connectivity index (χ4v) is 3.85. The molecule has 0 aromatic heterocycles. The lowest BCUT2D eigenvalue weighted by molar-refractivity contribution is -0.113. The molecule has 0 saturated heterocycles. The highest BCUT2D eigenvalue weighted by Gasteiger charge is 2.30. The van der Waals surface area contributed by atoms with E-state index in [1.165, 1.54) is 0 Å². The van der Waals surface area contributed by atoms with Gasteiger partial charge in [0.05, 0.1) is 25.6 Å². The number of hydrogen-bond acceptors (Lipinski definition) is 3. The zero-order chi connectivity index (χ0) is 22.8. The number of rotatable bonds is 5. The van der Waals surface area contributed by atoms with Crippen molar-refractivity contribution in [3.63, 3.8) is 0 Å². The summed E-state index contributed by atoms with van der Waals surface area (Å²) >= 11 is 12.4. The molecule has 4 nitrogen and oxygen atoms in total. The minimum Gasteiger partial charge on any atom is -0.493 e. The summed E-state index contributed by atoms with van der Waals surface area (Å²) in [6.07, 6.45) is 3.70. The normalized spacial score (nSPS) is 14.7. The van der Waals surface area contributed by atoms with Gasteiger partial charge in [-0.2, -0.15) is 0 Å².